The van der Waals surface area contributed by atoms with Crippen molar-refractivity contribution in [3.63, 3.8) is 0 Å². The summed E-state index contributed by atoms with van der Waals surface area (Å²) in [4.78, 5) is 13.8. The van der Waals surface area contributed by atoms with Crippen LogP contribution in [-0.4, -0.2) is 48.8 Å². The first-order chi connectivity index (χ1) is 10.2. The van der Waals surface area contributed by atoms with Crippen molar-refractivity contribution in [3.8, 4) is 5.75 Å². The van der Waals surface area contributed by atoms with Gasteiger partial charge in [0.25, 0.3) is 5.91 Å². The third kappa shape index (κ3) is 3.59. The fourth-order valence-corrected chi connectivity index (χ4v) is 2.25. The van der Waals surface area contributed by atoms with Gasteiger partial charge in [-0.2, -0.15) is 0 Å². The molecule has 0 bridgehead atoms. The molecule has 0 saturated heterocycles. The molecule has 21 heavy (non-hydrogen) atoms. The minimum atomic E-state index is -0.0804. The minimum absolute atomic E-state index is 0.0420. The number of aliphatic hydroxyl groups excluding tert-OH is 1. The van der Waals surface area contributed by atoms with E-state index in [0.29, 0.717) is 42.7 Å². The number of fused-ring (bicyclic) bond motifs is 1. The Morgan fingerprint density at radius 3 is 3.00 bits per heavy atom. The number of carbonyl (C=O) groups is 1. The van der Waals surface area contributed by atoms with E-state index in [1.165, 1.54) is 0 Å². The van der Waals surface area contributed by atoms with Gasteiger partial charge in [0.2, 0.25) is 0 Å². The van der Waals surface area contributed by atoms with Crippen molar-refractivity contribution in [1.29, 1.82) is 0 Å². The second-order valence-corrected chi connectivity index (χ2v) is 4.84. The largest absolute Gasteiger partial charge is 0.489 e. The molecule has 6 heteroatoms. The molecule has 1 aromatic carbocycles. The summed E-state index contributed by atoms with van der Waals surface area (Å²) in [6.45, 7) is 1.08. The predicted molar refractivity (Wildman–Crippen MR) is 76.9 cm³/mol. The lowest BCUT2D eigenvalue weighted by atomic mass is 9.98. The number of aliphatic hydroxyl groups is 1. The van der Waals surface area contributed by atoms with Crippen LogP contribution in [0.4, 0.5) is 4.39 Å². The zero-order valence-corrected chi connectivity index (χ0v) is 11.7. The Morgan fingerprint density at radius 2 is 2.33 bits per heavy atom. The topological polar surface area (TPSA) is 75.8 Å². The molecule has 1 amide bonds. The summed E-state index contributed by atoms with van der Waals surface area (Å²) in [6, 6.07) is 5.19. The highest BCUT2D eigenvalue weighted by Gasteiger charge is 2.24. The van der Waals surface area contributed by atoms with Crippen molar-refractivity contribution in [1.82, 2.24) is 4.90 Å². The van der Waals surface area contributed by atoms with E-state index in [1.54, 1.807) is 23.1 Å². The Morgan fingerprint density at radius 1 is 1.52 bits per heavy atom. The molecule has 0 unspecified atom stereocenters. The van der Waals surface area contributed by atoms with E-state index >= 15 is 0 Å². The van der Waals surface area contributed by atoms with Crippen molar-refractivity contribution in [2.75, 3.05) is 32.8 Å². The second kappa shape index (κ2) is 7.19. The molecule has 0 spiro atoms. The summed E-state index contributed by atoms with van der Waals surface area (Å²) >= 11 is 0. The summed E-state index contributed by atoms with van der Waals surface area (Å²) in [5.41, 5.74) is 7.27. The fraction of sp³-hybridized carbons (Fsp3) is 0.400. The first kappa shape index (κ1) is 15.5. The van der Waals surface area contributed by atoms with Crippen LogP contribution in [0.25, 0.3) is 0 Å². The molecule has 0 atom stereocenters. The SMILES string of the molecule is NC/C(=C/F)COc1ccc2c(c1)CCN(CCO)C2=O. The van der Waals surface area contributed by atoms with Gasteiger partial charge in [0, 0.05) is 30.8 Å². The molecular weight excluding hydrogens is 275 g/mol. The van der Waals surface area contributed by atoms with Crippen LogP contribution in [0.3, 0.4) is 0 Å². The van der Waals surface area contributed by atoms with Crippen molar-refractivity contribution in [2.24, 2.45) is 5.73 Å². The summed E-state index contributed by atoms with van der Waals surface area (Å²) < 4.78 is 17.9. The highest BCUT2D eigenvalue weighted by Crippen LogP contribution is 2.24. The monoisotopic (exact) mass is 294 g/mol. The Hall–Kier alpha value is -1.92. The van der Waals surface area contributed by atoms with Crippen LogP contribution in [0.1, 0.15) is 15.9 Å². The number of hydrogen-bond acceptors (Lipinski definition) is 4. The third-order valence-electron chi connectivity index (χ3n) is 3.46. The van der Waals surface area contributed by atoms with Crippen molar-refractivity contribution >= 4 is 5.91 Å². The summed E-state index contributed by atoms with van der Waals surface area (Å²) in [5, 5.41) is 8.94. The second-order valence-electron chi connectivity index (χ2n) is 4.84. The smallest absolute Gasteiger partial charge is 0.254 e. The van der Waals surface area contributed by atoms with Gasteiger partial charge in [0.1, 0.15) is 12.4 Å². The predicted octanol–water partition coefficient (Wildman–Crippen LogP) is 0.868. The molecule has 0 aromatic heterocycles. The van der Waals surface area contributed by atoms with E-state index in [2.05, 4.69) is 0 Å². The molecule has 0 saturated carbocycles. The van der Waals surface area contributed by atoms with E-state index in [9.17, 15) is 9.18 Å². The Balaban J connectivity index is 2.09. The summed E-state index contributed by atoms with van der Waals surface area (Å²) in [5.74, 6) is 0.508. The highest BCUT2D eigenvalue weighted by atomic mass is 19.1. The Kier molecular flexibility index (Phi) is 5.30. The first-order valence-electron chi connectivity index (χ1n) is 6.83. The molecule has 2 rings (SSSR count). The number of ether oxygens (including phenoxy) is 1. The number of β-amino-alcohol motifs (C(OH)–C–C–N with tert-alkyl or cyclic N) is 1. The van der Waals surface area contributed by atoms with Crippen molar-refractivity contribution in [2.45, 2.75) is 6.42 Å². The van der Waals surface area contributed by atoms with Crippen LogP contribution in [0.5, 0.6) is 5.75 Å². The van der Waals surface area contributed by atoms with E-state index in [1.807, 2.05) is 0 Å². The number of nitrogens with two attached hydrogens (primary N) is 1. The maximum absolute atomic E-state index is 12.4. The van der Waals surface area contributed by atoms with Crippen LogP contribution in [-0.2, 0) is 6.42 Å². The van der Waals surface area contributed by atoms with Gasteiger partial charge in [-0.15, -0.1) is 0 Å². The quantitative estimate of drug-likeness (QED) is 0.816. The molecule has 1 heterocycles. The van der Waals surface area contributed by atoms with Crippen molar-refractivity contribution in [3.05, 3.63) is 41.2 Å². The van der Waals surface area contributed by atoms with Gasteiger partial charge in [-0.25, -0.2) is 4.39 Å². The number of halogens is 1. The van der Waals surface area contributed by atoms with E-state index in [-0.39, 0.29) is 25.7 Å². The van der Waals surface area contributed by atoms with Crippen LogP contribution < -0.4 is 10.5 Å². The standard InChI is InChI=1S/C15H19FN2O3/c16-8-11(9-17)10-21-13-1-2-14-12(7-13)3-4-18(5-6-19)15(14)20/h1-2,7-8,19H,3-6,9-10,17H2/b11-8-. The summed E-state index contributed by atoms with van der Waals surface area (Å²) in [7, 11) is 0. The number of nitrogens with zero attached hydrogens (tertiary/aromatic N) is 1. The highest BCUT2D eigenvalue weighted by molar-refractivity contribution is 5.96. The molecule has 1 aromatic rings. The molecule has 1 aliphatic rings. The fourth-order valence-electron chi connectivity index (χ4n) is 2.25. The van der Waals surface area contributed by atoms with Crippen LogP contribution in [0, 0.1) is 0 Å². The van der Waals surface area contributed by atoms with E-state index < -0.39 is 0 Å². The molecule has 0 aliphatic carbocycles. The first-order valence-corrected chi connectivity index (χ1v) is 6.83. The van der Waals surface area contributed by atoms with Gasteiger partial charge < -0.3 is 20.5 Å². The zero-order chi connectivity index (χ0) is 15.2. The van der Waals surface area contributed by atoms with Crippen LogP contribution in [0.2, 0.25) is 0 Å². The van der Waals surface area contributed by atoms with Crippen LogP contribution >= 0.6 is 0 Å². The molecule has 0 fully saturated rings. The van der Waals surface area contributed by atoms with Gasteiger partial charge >= 0.3 is 0 Å². The van der Waals surface area contributed by atoms with Gasteiger partial charge in [0.15, 0.2) is 0 Å². The molecule has 1 aliphatic heterocycles. The molecule has 0 radical (unpaired) electrons. The summed E-state index contributed by atoms with van der Waals surface area (Å²) in [6.07, 6.45) is 1.16. The van der Waals surface area contributed by atoms with E-state index in [4.69, 9.17) is 15.6 Å². The molecule has 3 N–H and O–H groups in total. The van der Waals surface area contributed by atoms with Gasteiger partial charge in [-0.3, -0.25) is 4.79 Å². The van der Waals surface area contributed by atoms with Gasteiger partial charge in [-0.1, -0.05) is 0 Å². The number of carbonyl (C=O) groups excluding carboxylic acids is 1. The maximum atomic E-state index is 12.4. The van der Waals surface area contributed by atoms with Gasteiger partial charge in [0.05, 0.1) is 12.9 Å². The number of benzene rings is 1. The maximum Gasteiger partial charge on any atom is 0.254 e. The number of amides is 1. The van der Waals surface area contributed by atoms with Gasteiger partial charge in [-0.05, 0) is 30.2 Å². The Labute approximate surface area is 122 Å². The minimum Gasteiger partial charge on any atom is -0.489 e. The lowest BCUT2D eigenvalue weighted by Gasteiger charge is -2.28. The average Bonchev–Trinajstić information content (AvgIpc) is 2.51. The number of hydrogen-bond donors (Lipinski definition) is 2. The lowest BCUT2D eigenvalue weighted by Crippen LogP contribution is -2.39. The molecule has 5 nitrogen and oxygen atoms in total. The zero-order valence-electron chi connectivity index (χ0n) is 11.7. The van der Waals surface area contributed by atoms with Crippen molar-refractivity contribution < 1.29 is 19.0 Å². The third-order valence-corrected chi connectivity index (χ3v) is 3.46. The average molecular weight is 294 g/mol. The molecular formula is C15H19FN2O3. The molecule has 114 valence electrons. The lowest BCUT2D eigenvalue weighted by molar-refractivity contribution is 0.0705. The normalized spacial score (nSPS) is 15.1. The van der Waals surface area contributed by atoms with E-state index in [0.717, 1.165) is 5.56 Å². The van der Waals surface area contributed by atoms with Crippen LogP contribution in [0.15, 0.2) is 30.1 Å². The Bertz CT molecular complexity index is 546. The number of rotatable bonds is 6.